The summed E-state index contributed by atoms with van der Waals surface area (Å²) in [6.07, 6.45) is 5.42. The monoisotopic (exact) mass is 376 g/mol. The SMILES string of the molecule is CCCCCCC(C)NS(=O)(=O)c1cc(CN)ccc1Br. The van der Waals surface area contributed by atoms with E-state index in [1.54, 1.807) is 12.1 Å². The van der Waals surface area contributed by atoms with Gasteiger partial charge in [0.2, 0.25) is 10.0 Å². The lowest BCUT2D eigenvalue weighted by Crippen LogP contribution is -2.32. The molecule has 1 atom stereocenters. The Labute approximate surface area is 136 Å². The first-order chi connectivity index (χ1) is 9.90. The van der Waals surface area contributed by atoms with E-state index in [2.05, 4.69) is 27.6 Å². The first-order valence-corrected chi connectivity index (χ1v) is 9.69. The fourth-order valence-electron chi connectivity index (χ4n) is 2.15. The number of unbranched alkanes of at least 4 members (excludes halogenated alkanes) is 3. The van der Waals surface area contributed by atoms with Gasteiger partial charge in [0.1, 0.15) is 0 Å². The van der Waals surface area contributed by atoms with Crippen molar-refractivity contribution in [2.75, 3.05) is 0 Å². The van der Waals surface area contributed by atoms with Crippen LogP contribution in [0, 0.1) is 0 Å². The second kappa shape index (κ2) is 8.88. The molecule has 0 spiro atoms. The van der Waals surface area contributed by atoms with Crippen LogP contribution in [0.4, 0.5) is 0 Å². The third-order valence-electron chi connectivity index (χ3n) is 3.37. The second-order valence-corrected chi connectivity index (χ2v) is 7.88. The number of nitrogens with two attached hydrogens (primary N) is 1. The lowest BCUT2D eigenvalue weighted by Gasteiger charge is -2.15. The minimum absolute atomic E-state index is 0.0692. The topological polar surface area (TPSA) is 72.2 Å². The zero-order valence-corrected chi connectivity index (χ0v) is 15.1. The molecule has 0 aromatic heterocycles. The van der Waals surface area contributed by atoms with E-state index in [9.17, 15) is 8.42 Å². The van der Waals surface area contributed by atoms with Crippen LogP contribution in [-0.4, -0.2) is 14.5 Å². The molecule has 21 heavy (non-hydrogen) atoms. The Bertz CT molecular complexity index is 547. The molecule has 1 rings (SSSR count). The molecule has 6 heteroatoms. The van der Waals surface area contributed by atoms with Gasteiger partial charge in [-0.2, -0.15) is 0 Å². The molecule has 4 nitrogen and oxygen atoms in total. The molecule has 0 heterocycles. The molecule has 0 saturated carbocycles. The van der Waals surface area contributed by atoms with E-state index in [0.29, 0.717) is 11.0 Å². The van der Waals surface area contributed by atoms with Crippen LogP contribution in [0.2, 0.25) is 0 Å². The van der Waals surface area contributed by atoms with Gasteiger partial charge < -0.3 is 5.73 Å². The van der Waals surface area contributed by atoms with Crippen LogP contribution in [-0.2, 0) is 16.6 Å². The molecule has 0 bridgehead atoms. The van der Waals surface area contributed by atoms with Gasteiger partial charge in [0.15, 0.2) is 0 Å². The Hall–Kier alpha value is -0.430. The van der Waals surface area contributed by atoms with Crippen LogP contribution in [0.15, 0.2) is 27.6 Å². The highest BCUT2D eigenvalue weighted by molar-refractivity contribution is 9.10. The maximum atomic E-state index is 12.4. The largest absolute Gasteiger partial charge is 0.326 e. The molecule has 1 unspecified atom stereocenters. The van der Waals surface area contributed by atoms with E-state index >= 15 is 0 Å². The Morgan fingerprint density at radius 2 is 2.00 bits per heavy atom. The summed E-state index contributed by atoms with van der Waals surface area (Å²) in [7, 11) is -3.52. The minimum atomic E-state index is -3.52. The molecule has 1 aromatic carbocycles. The number of nitrogens with one attached hydrogen (secondary N) is 1. The number of benzene rings is 1. The standard InChI is InChI=1S/C15H25BrN2O2S/c1-3-4-5-6-7-12(2)18-21(19,20)15-10-13(11-17)8-9-14(15)16/h8-10,12,18H,3-7,11,17H2,1-2H3. The molecule has 120 valence electrons. The van der Waals surface area contributed by atoms with Gasteiger partial charge >= 0.3 is 0 Å². The molecule has 0 amide bonds. The van der Waals surface area contributed by atoms with Crippen molar-refractivity contribution in [3.63, 3.8) is 0 Å². The number of sulfonamides is 1. The summed E-state index contributed by atoms with van der Waals surface area (Å²) in [5.41, 5.74) is 6.38. The lowest BCUT2D eigenvalue weighted by molar-refractivity contribution is 0.521. The predicted octanol–water partition coefficient (Wildman–Crippen LogP) is 3.55. The third kappa shape index (κ3) is 6.06. The normalized spacial score (nSPS) is 13.3. The first kappa shape index (κ1) is 18.6. The van der Waals surface area contributed by atoms with E-state index in [4.69, 9.17) is 5.73 Å². The van der Waals surface area contributed by atoms with Gasteiger partial charge in [-0.3, -0.25) is 0 Å². The predicted molar refractivity (Wildman–Crippen MR) is 90.6 cm³/mol. The van der Waals surface area contributed by atoms with Gasteiger partial charge in [0.25, 0.3) is 0 Å². The molecular weight excluding hydrogens is 352 g/mol. The van der Waals surface area contributed by atoms with Crippen molar-refractivity contribution in [1.29, 1.82) is 0 Å². The van der Waals surface area contributed by atoms with Crippen molar-refractivity contribution in [2.45, 2.75) is 63.4 Å². The first-order valence-electron chi connectivity index (χ1n) is 7.41. The molecule has 0 aliphatic rings. The molecule has 0 fully saturated rings. The summed E-state index contributed by atoms with van der Waals surface area (Å²) in [6.45, 7) is 4.39. The van der Waals surface area contributed by atoms with Gasteiger partial charge in [0.05, 0.1) is 4.90 Å². The van der Waals surface area contributed by atoms with E-state index in [0.717, 1.165) is 24.8 Å². The van der Waals surface area contributed by atoms with Gasteiger partial charge in [-0.1, -0.05) is 38.7 Å². The van der Waals surface area contributed by atoms with E-state index in [-0.39, 0.29) is 10.9 Å². The van der Waals surface area contributed by atoms with Crippen LogP contribution in [0.25, 0.3) is 0 Å². The van der Waals surface area contributed by atoms with Crippen molar-refractivity contribution in [1.82, 2.24) is 4.72 Å². The summed E-state index contributed by atoms with van der Waals surface area (Å²) in [5, 5.41) is 0. The maximum absolute atomic E-state index is 12.4. The van der Waals surface area contributed by atoms with Crippen molar-refractivity contribution in [3.8, 4) is 0 Å². The summed E-state index contributed by atoms with van der Waals surface area (Å²) in [4.78, 5) is 0.255. The van der Waals surface area contributed by atoms with Crippen LogP contribution >= 0.6 is 15.9 Å². The van der Waals surface area contributed by atoms with Crippen LogP contribution in [0.3, 0.4) is 0 Å². The number of hydrogen-bond donors (Lipinski definition) is 2. The summed E-state index contributed by atoms with van der Waals surface area (Å²) in [6, 6.07) is 5.09. The van der Waals surface area contributed by atoms with E-state index in [1.165, 1.54) is 12.8 Å². The van der Waals surface area contributed by atoms with Gasteiger partial charge in [-0.15, -0.1) is 0 Å². The third-order valence-corrected chi connectivity index (χ3v) is 5.95. The van der Waals surface area contributed by atoms with Crippen LogP contribution in [0.1, 0.15) is 51.5 Å². The van der Waals surface area contributed by atoms with Crippen molar-refractivity contribution < 1.29 is 8.42 Å². The van der Waals surface area contributed by atoms with E-state index in [1.807, 2.05) is 13.0 Å². The van der Waals surface area contributed by atoms with Crippen LogP contribution in [0.5, 0.6) is 0 Å². The zero-order chi connectivity index (χ0) is 15.9. The van der Waals surface area contributed by atoms with Crippen molar-refractivity contribution in [2.24, 2.45) is 5.73 Å². The Kier molecular flexibility index (Phi) is 7.87. The fourth-order valence-corrected chi connectivity index (χ4v) is 4.44. The van der Waals surface area contributed by atoms with Crippen molar-refractivity contribution >= 4 is 26.0 Å². The Balaban J connectivity index is 2.72. The number of halogens is 1. The van der Waals surface area contributed by atoms with Crippen molar-refractivity contribution in [3.05, 3.63) is 28.2 Å². The average Bonchev–Trinajstić information content (AvgIpc) is 2.43. The lowest BCUT2D eigenvalue weighted by atomic mass is 10.1. The molecular formula is C15H25BrN2O2S. The van der Waals surface area contributed by atoms with Gasteiger partial charge in [0, 0.05) is 17.1 Å². The van der Waals surface area contributed by atoms with Crippen LogP contribution < -0.4 is 10.5 Å². The average molecular weight is 377 g/mol. The quantitative estimate of drug-likeness (QED) is 0.647. The molecule has 0 radical (unpaired) electrons. The van der Waals surface area contributed by atoms with E-state index < -0.39 is 10.0 Å². The Morgan fingerprint density at radius 3 is 2.62 bits per heavy atom. The summed E-state index contributed by atoms with van der Waals surface area (Å²) >= 11 is 3.30. The zero-order valence-electron chi connectivity index (χ0n) is 12.7. The van der Waals surface area contributed by atoms with Gasteiger partial charge in [-0.05, 0) is 47.0 Å². The molecule has 0 aliphatic heterocycles. The fraction of sp³-hybridized carbons (Fsp3) is 0.600. The smallest absolute Gasteiger partial charge is 0.241 e. The molecule has 3 N–H and O–H groups in total. The maximum Gasteiger partial charge on any atom is 0.241 e. The Morgan fingerprint density at radius 1 is 1.29 bits per heavy atom. The summed E-state index contributed by atoms with van der Waals surface area (Å²) < 4.78 is 28.2. The number of rotatable bonds is 9. The second-order valence-electron chi connectivity index (χ2n) is 5.34. The minimum Gasteiger partial charge on any atom is -0.326 e. The molecule has 0 saturated heterocycles. The highest BCUT2D eigenvalue weighted by Crippen LogP contribution is 2.23. The molecule has 1 aromatic rings. The molecule has 0 aliphatic carbocycles. The number of hydrogen-bond acceptors (Lipinski definition) is 3. The highest BCUT2D eigenvalue weighted by atomic mass is 79.9. The summed E-state index contributed by atoms with van der Waals surface area (Å²) in [5.74, 6) is 0. The highest BCUT2D eigenvalue weighted by Gasteiger charge is 2.20. The van der Waals surface area contributed by atoms with Gasteiger partial charge in [-0.25, -0.2) is 13.1 Å².